The Morgan fingerprint density at radius 3 is 2.54 bits per heavy atom. The molecule has 1 aromatic heterocycles. The third-order valence-electron chi connectivity index (χ3n) is 3.30. The van der Waals surface area contributed by atoms with E-state index in [-0.39, 0.29) is 18.1 Å². The van der Waals surface area contributed by atoms with Crippen LogP contribution in [0, 0.1) is 5.82 Å². The number of rotatable bonds is 7. The second-order valence-electron chi connectivity index (χ2n) is 5.07. The smallest absolute Gasteiger partial charge is 0.307 e. The first-order valence-corrected chi connectivity index (χ1v) is 8.20. The van der Waals surface area contributed by atoms with Gasteiger partial charge < -0.3 is 14.8 Å². The van der Waals surface area contributed by atoms with Crippen molar-refractivity contribution in [3.05, 3.63) is 52.5 Å². The number of ether oxygens (including phenoxy) is 2. The lowest BCUT2D eigenvalue weighted by molar-refractivity contribution is -0.141. The van der Waals surface area contributed by atoms with Gasteiger partial charge in [-0.25, -0.2) is 4.39 Å². The van der Waals surface area contributed by atoms with Crippen LogP contribution in [0.1, 0.15) is 24.3 Å². The van der Waals surface area contributed by atoms with E-state index < -0.39 is 18.1 Å². The van der Waals surface area contributed by atoms with Gasteiger partial charge in [0.2, 0.25) is 0 Å². The maximum Gasteiger partial charge on any atom is 0.307 e. The molecule has 1 aromatic carbocycles. The Morgan fingerprint density at radius 1 is 1.25 bits per heavy atom. The van der Waals surface area contributed by atoms with Crippen LogP contribution in [0.4, 0.5) is 4.39 Å². The lowest BCUT2D eigenvalue weighted by Crippen LogP contribution is -2.39. The van der Waals surface area contributed by atoms with Crippen molar-refractivity contribution >= 4 is 23.2 Å². The van der Waals surface area contributed by atoms with Crippen LogP contribution in [-0.2, 0) is 14.3 Å². The van der Waals surface area contributed by atoms with Gasteiger partial charge in [-0.2, -0.15) is 0 Å². The summed E-state index contributed by atoms with van der Waals surface area (Å²) in [6, 6.07) is 8.61. The summed E-state index contributed by atoms with van der Waals surface area (Å²) in [5.74, 6) is -0.780. The van der Waals surface area contributed by atoms with E-state index in [4.69, 9.17) is 4.74 Å². The van der Waals surface area contributed by atoms with Gasteiger partial charge in [0, 0.05) is 4.88 Å². The number of hydrogen-bond donors (Lipinski definition) is 1. The number of esters is 1. The zero-order valence-electron chi connectivity index (χ0n) is 13.3. The van der Waals surface area contributed by atoms with Gasteiger partial charge in [-0.3, -0.25) is 9.59 Å². The highest BCUT2D eigenvalue weighted by Crippen LogP contribution is 2.23. The molecule has 128 valence electrons. The van der Waals surface area contributed by atoms with E-state index in [0.717, 1.165) is 4.88 Å². The Kier molecular flexibility index (Phi) is 6.31. The summed E-state index contributed by atoms with van der Waals surface area (Å²) in [6.07, 6.45) is -0.762. The summed E-state index contributed by atoms with van der Waals surface area (Å²) >= 11 is 1.44. The Hall–Kier alpha value is -2.41. The number of benzene rings is 1. The average Bonchev–Trinajstić information content (AvgIpc) is 3.10. The van der Waals surface area contributed by atoms with Gasteiger partial charge in [0.25, 0.3) is 5.91 Å². The lowest BCUT2D eigenvalue weighted by Gasteiger charge is -2.20. The minimum absolute atomic E-state index is 0.0338. The highest BCUT2D eigenvalue weighted by atomic mass is 32.1. The molecule has 2 rings (SSSR count). The summed E-state index contributed by atoms with van der Waals surface area (Å²) in [5.41, 5.74) is 0. The minimum atomic E-state index is -0.796. The summed E-state index contributed by atoms with van der Waals surface area (Å²) < 4.78 is 23.1. The minimum Gasteiger partial charge on any atom is -0.481 e. The zero-order valence-corrected chi connectivity index (χ0v) is 14.1. The Balaban J connectivity index is 2.00. The second-order valence-corrected chi connectivity index (χ2v) is 6.05. The molecule has 0 aliphatic carbocycles. The summed E-state index contributed by atoms with van der Waals surface area (Å²) in [6.45, 7) is 1.59. The topological polar surface area (TPSA) is 64.6 Å². The van der Waals surface area contributed by atoms with Crippen LogP contribution in [0.2, 0.25) is 0 Å². The largest absolute Gasteiger partial charge is 0.481 e. The average molecular weight is 351 g/mol. The van der Waals surface area contributed by atoms with Crippen LogP contribution in [0.3, 0.4) is 0 Å². The van der Waals surface area contributed by atoms with Crippen molar-refractivity contribution < 1.29 is 23.5 Å². The molecule has 1 amide bonds. The van der Waals surface area contributed by atoms with Crippen molar-refractivity contribution in [1.82, 2.24) is 5.32 Å². The molecule has 0 saturated heterocycles. The van der Waals surface area contributed by atoms with Gasteiger partial charge in [0.1, 0.15) is 11.6 Å². The molecular weight excluding hydrogens is 333 g/mol. The van der Waals surface area contributed by atoms with Crippen molar-refractivity contribution in [1.29, 1.82) is 0 Å². The molecule has 0 saturated carbocycles. The normalized spacial score (nSPS) is 13.0. The number of carbonyl (C=O) groups excluding carboxylic acids is 2. The van der Waals surface area contributed by atoms with E-state index in [1.165, 1.54) is 42.7 Å². The monoisotopic (exact) mass is 351 g/mol. The molecule has 0 fully saturated rings. The molecule has 2 aromatic rings. The van der Waals surface area contributed by atoms with Crippen LogP contribution in [-0.4, -0.2) is 25.1 Å². The molecule has 1 heterocycles. The highest BCUT2D eigenvalue weighted by Gasteiger charge is 2.23. The van der Waals surface area contributed by atoms with Crippen molar-refractivity contribution in [3.63, 3.8) is 0 Å². The molecule has 5 nitrogen and oxygen atoms in total. The van der Waals surface area contributed by atoms with Crippen LogP contribution < -0.4 is 10.1 Å². The molecule has 7 heteroatoms. The van der Waals surface area contributed by atoms with Gasteiger partial charge in [0.05, 0.1) is 19.6 Å². The molecular formula is C17H18FNO4S. The number of halogens is 1. The van der Waals surface area contributed by atoms with Crippen LogP contribution in [0.25, 0.3) is 0 Å². The van der Waals surface area contributed by atoms with Crippen molar-refractivity contribution in [3.8, 4) is 5.75 Å². The number of methoxy groups -OCH3 is 1. The van der Waals surface area contributed by atoms with Crippen molar-refractivity contribution in [2.75, 3.05) is 7.11 Å². The van der Waals surface area contributed by atoms with Crippen LogP contribution in [0.15, 0.2) is 41.8 Å². The summed E-state index contributed by atoms with van der Waals surface area (Å²) in [4.78, 5) is 24.7. The number of hydrogen-bond acceptors (Lipinski definition) is 5. The maximum atomic E-state index is 12.9. The van der Waals surface area contributed by atoms with E-state index >= 15 is 0 Å². The van der Waals surface area contributed by atoms with Gasteiger partial charge in [-0.05, 0) is 42.6 Å². The number of thiophene rings is 1. The van der Waals surface area contributed by atoms with Gasteiger partial charge in [0.15, 0.2) is 6.10 Å². The Morgan fingerprint density at radius 2 is 1.96 bits per heavy atom. The van der Waals surface area contributed by atoms with E-state index in [1.54, 1.807) is 6.92 Å². The zero-order chi connectivity index (χ0) is 17.5. The van der Waals surface area contributed by atoms with Gasteiger partial charge in [-0.15, -0.1) is 11.3 Å². The van der Waals surface area contributed by atoms with Crippen LogP contribution in [0.5, 0.6) is 5.75 Å². The molecule has 0 aliphatic rings. The Labute approximate surface area is 143 Å². The molecule has 0 unspecified atom stereocenters. The molecule has 0 radical (unpaired) electrons. The van der Waals surface area contributed by atoms with Gasteiger partial charge in [-0.1, -0.05) is 6.07 Å². The standard InChI is InChI=1S/C17H18FNO4S/c1-11(23-13-7-5-12(18)6-8-13)17(21)19-14(10-16(20)22-2)15-4-3-9-24-15/h3-9,11,14H,10H2,1-2H3,(H,19,21)/t11-,14+/m0/s1. The first kappa shape index (κ1) is 17.9. The fourth-order valence-corrected chi connectivity index (χ4v) is 2.80. The van der Waals surface area contributed by atoms with E-state index in [1.807, 2.05) is 17.5 Å². The van der Waals surface area contributed by atoms with E-state index in [0.29, 0.717) is 5.75 Å². The molecule has 24 heavy (non-hydrogen) atoms. The molecule has 0 aliphatic heterocycles. The predicted molar refractivity (Wildman–Crippen MR) is 88.3 cm³/mol. The van der Waals surface area contributed by atoms with E-state index in [2.05, 4.69) is 10.1 Å². The maximum absolute atomic E-state index is 12.9. The third kappa shape index (κ3) is 5.06. The van der Waals surface area contributed by atoms with Crippen LogP contribution >= 0.6 is 11.3 Å². The predicted octanol–water partition coefficient (Wildman–Crippen LogP) is 3.08. The SMILES string of the molecule is COC(=O)C[C@@H](NC(=O)[C@H](C)Oc1ccc(F)cc1)c1cccs1. The summed E-state index contributed by atoms with van der Waals surface area (Å²) in [7, 11) is 1.30. The first-order valence-electron chi connectivity index (χ1n) is 7.32. The highest BCUT2D eigenvalue weighted by molar-refractivity contribution is 7.10. The fraction of sp³-hybridized carbons (Fsp3) is 0.294. The Bertz CT molecular complexity index is 672. The number of amides is 1. The van der Waals surface area contributed by atoms with E-state index in [9.17, 15) is 14.0 Å². The molecule has 1 N–H and O–H groups in total. The number of carbonyl (C=O) groups is 2. The number of nitrogens with one attached hydrogen (secondary N) is 1. The fourth-order valence-electron chi connectivity index (χ4n) is 2.02. The second kappa shape index (κ2) is 8.44. The first-order chi connectivity index (χ1) is 11.5. The quantitative estimate of drug-likeness (QED) is 0.779. The van der Waals surface area contributed by atoms with Crippen molar-refractivity contribution in [2.45, 2.75) is 25.5 Å². The van der Waals surface area contributed by atoms with Crippen molar-refractivity contribution in [2.24, 2.45) is 0 Å². The lowest BCUT2D eigenvalue weighted by atomic mass is 10.1. The molecule has 0 bridgehead atoms. The molecule has 0 spiro atoms. The third-order valence-corrected chi connectivity index (χ3v) is 4.28. The van der Waals surface area contributed by atoms with Gasteiger partial charge >= 0.3 is 5.97 Å². The summed E-state index contributed by atoms with van der Waals surface area (Å²) in [5, 5.41) is 4.65. The molecule has 2 atom stereocenters.